The number of ether oxygens (including phenoxy) is 1. The molecular weight excluding hydrogens is 426 g/mol. The summed E-state index contributed by atoms with van der Waals surface area (Å²) in [5.41, 5.74) is 1.29. The fraction of sp³-hybridized carbons (Fsp3) is 0.300. The zero-order chi connectivity index (χ0) is 21.3. The number of morpholine rings is 1. The summed E-state index contributed by atoms with van der Waals surface area (Å²) in [4.78, 5) is 18.1. The van der Waals surface area contributed by atoms with E-state index in [0.717, 1.165) is 4.88 Å². The summed E-state index contributed by atoms with van der Waals surface area (Å²) in [6.07, 6.45) is 1.55. The molecule has 2 aromatic heterocycles. The molecule has 4 rings (SSSR count). The Balaban J connectivity index is 1.58. The topological polar surface area (TPSA) is 102 Å². The van der Waals surface area contributed by atoms with E-state index in [1.165, 1.54) is 21.7 Å². The van der Waals surface area contributed by atoms with E-state index in [9.17, 15) is 13.2 Å². The number of hydrogen-bond donors (Lipinski definition) is 1. The standard InChI is InChI=1S/C20H21N3O5S2/c1-13-5-6-15(12-17(13)30(25,26)23-7-10-27-11-8-23)21-19(24)18-14(2)29-20(22-18)16-4-3-9-28-16/h3-6,9,12H,7-8,10-11H2,1-2H3,(H,21,24). The number of nitrogens with zero attached hydrogens (tertiary/aromatic N) is 2. The van der Waals surface area contributed by atoms with Gasteiger partial charge in [0.05, 0.1) is 24.4 Å². The van der Waals surface area contributed by atoms with Crippen molar-refractivity contribution >= 4 is 33.0 Å². The van der Waals surface area contributed by atoms with Crippen molar-refractivity contribution in [3.63, 3.8) is 0 Å². The first kappa shape index (κ1) is 20.7. The minimum atomic E-state index is -3.67. The molecule has 1 N–H and O–H groups in total. The number of aromatic nitrogens is 1. The third-order valence-electron chi connectivity index (χ3n) is 4.78. The molecule has 30 heavy (non-hydrogen) atoms. The first-order chi connectivity index (χ1) is 14.4. The van der Waals surface area contributed by atoms with Gasteiger partial charge in [0, 0.05) is 23.7 Å². The molecule has 1 saturated heterocycles. The number of amides is 1. The molecule has 0 unspecified atom stereocenters. The summed E-state index contributed by atoms with van der Waals surface area (Å²) < 4.78 is 38.1. The van der Waals surface area contributed by atoms with Crippen LogP contribution in [0.15, 0.2) is 45.9 Å². The highest BCUT2D eigenvalue weighted by molar-refractivity contribution is 7.89. The molecule has 158 valence electrons. The Hall–Kier alpha value is -2.53. The van der Waals surface area contributed by atoms with Crippen molar-refractivity contribution < 1.29 is 22.4 Å². The first-order valence-corrected chi connectivity index (χ1v) is 11.6. The quantitative estimate of drug-likeness (QED) is 0.644. The number of nitrogens with one attached hydrogen (secondary N) is 1. The van der Waals surface area contributed by atoms with Gasteiger partial charge in [-0.3, -0.25) is 4.79 Å². The van der Waals surface area contributed by atoms with Crippen LogP contribution >= 0.6 is 11.3 Å². The zero-order valence-corrected chi connectivity index (χ0v) is 18.2. The Labute approximate surface area is 178 Å². The molecule has 1 aliphatic heterocycles. The minimum Gasteiger partial charge on any atom is -0.462 e. The molecule has 0 bridgehead atoms. The van der Waals surface area contributed by atoms with Gasteiger partial charge in [0.15, 0.2) is 10.8 Å². The number of benzene rings is 1. The Morgan fingerprint density at radius 3 is 2.67 bits per heavy atom. The minimum absolute atomic E-state index is 0.175. The first-order valence-electron chi connectivity index (χ1n) is 9.37. The van der Waals surface area contributed by atoms with Crippen molar-refractivity contribution in [2.45, 2.75) is 18.7 Å². The Kier molecular flexibility index (Phi) is 5.74. The second-order valence-corrected chi connectivity index (χ2v) is 9.96. The number of furan rings is 1. The predicted octanol–water partition coefficient (Wildman–Crippen LogP) is 3.29. The molecule has 0 spiro atoms. The molecule has 1 amide bonds. The fourth-order valence-electron chi connectivity index (χ4n) is 3.18. The van der Waals surface area contributed by atoms with Gasteiger partial charge in [0.25, 0.3) is 5.91 Å². The molecule has 0 aliphatic carbocycles. The van der Waals surface area contributed by atoms with Gasteiger partial charge < -0.3 is 14.5 Å². The van der Waals surface area contributed by atoms with Crippen LogP contribution in [0.25, 0.3) is 10.8 Å². The van der Waals surface area contributed by atoms with Gasteiger partial charge in [-0.05, 0) is 43.7 Å². The second kappa shape index (κ2) is 8.31. The van der Waals surface area contributed by atoms with Gasteiger partial charge in [-0.2, -0.15) is 4.31 Å². The normalized spacial score (nSPS) is 15.3. The van der Waals surface area contributed by atoms with Crippen LogP contribution in [0.1, 0.15) is 20.9 Å². The van der Waals surface area contributed by atoms with Crippen molar-refractivity contribution in [1.82, 2.24) is 9.29 Å². The average Bonchev–Trinajstić information content (AvgIpc) is 3.39. The third kappa shape index (κ3) is 4.04. The maximum absolute atomic E-state index is 13.0. The largest absolute Gasteiger partial charge is 0.462 e. The van der Waals surface area contributed by atoms with E-state index < -0.39 is 15.9 Å². The van der Waals surface area contributed by atoms with E-state index in [1.807, 2.05) is 6.92 Å². The van der Waals surface area contributed by atoms with Crippen molar-refractivity contribution in [3.05, 3.63) is 52.7 Å². The summed E-state index contributed by atoms with van der Waals surface area (Å²) in [6.45, 7) is 4.91. The number of anilines is 1. The van der Waals surface area contributed by atoms with Crippen LogP contribution in [0.4, 0.5) is 5.69 Å². The highest BCUT2D eigenvalue weighted by Gasteiger charge is 2.28. The van der Waals surface area contributed by atoms with Crippen LogP contribution in [0, 0.1) is 13.8 Å². The number of sulfonamides is 1. The monoisotopic (exact) mass is 447 g/mol. The number of carbonyl (C=O) groups excluding carboxylic acids is 1. The smallest absolute Gasteiger partial charge is 0.275 e. The van der Waals surface area contributed by atoms with Crippen LogP contribution < -0.4 is 5.32 Å². The number of hydrogen-bond acceptors (Lipinski definition) is 7. The Bertz CT molecular complexity index is 1160. The lowest BCUT2D eigenvalue weighted by molar-refractivity contribution is 0.0730. The molecule has 1 fully saturated rings. The van der Waals surface area contributed by atoms with Crippen molar-refractivity contribution in [2.75, 3.05) is 31.6 Å². The SMILES string of the molecule is Cc1ccc(NC(=O)c2nc(-c3ccco3)sc2C)cc1S(=O)(=O)N1CCOCC1. The van der Waals surface area contributed by atoms with E-state index in [4.69, 9.17) is 9.15 Å². The average molecular weight is 448 g/mol. The second-order valence-electron chi connectivity index (χ2n) is 6.85. The highest BCUT2D eigenvalue weighted by Crippen LogP contribution is 2.29. The molecule has 8 nitrogen and oxygen atoms in total. The lowest BCUT2D eigenvalue weighted by Crippen LogP contribution is -2.40. The van der Waals surface area contributed by atoms with Crippen LogP contribution in [0.3, 0.4) is 0 Å². The number of thiazole rings is 1. The lowest BCUT2D eigenvalue weighted by Gasteiger charge is -2.26. The van der Waals surface area contributed by atoms with Gasteiger partial charge in [-0.25, -0.2) is 13.4 Å². The molecule has 0 atom stereocenters. The summed E-state index contributed by atoms with van der Waals surface area (Å²) in [6, 6.07) is 8.40. The van der Waals surface area contributed by atoms with Gasteiger partial charge in [0.1, 0.15) is 5.69 Å². The van der Waals surface area contributed by atoms with E-state index in [0.29, 0.717) is 48.3 Å². The number of rotatable bonds is 5. The molecule has 0 radical (unpaired) electrons. The van der Waals surface area contributed by atoms with Crippen LogP contribution in [-0.2, 0) is 14.8 Å². The molecule has 10 heteroatoms. The summed E-state index contributed by atoms with van der Waals surface area (Å²) >= 11 is 1.36. The molecule has 1 aliphatic rings. The van der Waals surface area contributed by atoms with Gasteiger partial charge in [-0.15, -0.1) is 11.3 Å². The van der Waals surface area contributed by atoms with Gasteiger partial charge in [-0.1, -0.05) is 6.07 Å². The summed E-state index contributed by atoms with van der Waals surface area (Å²) in [7, 11) is -3.67. The maximum atomic E-state index is 13.0. The van der Waals surface area contributed by atoms with Crippen LogP contribution in [0.5, 0.6) is 0 Å². The molecule has 1 aromatic carbocycles. The summed E-state index contributed by atoms with van der Waals surface area (Å²) in [5, 5.41) is 3.38. The predicted molar refractivity (Wildman–Crippen MR) is 113 cm³/mol. The van der Waals surface area contributed by atoms with Crippen molar-refractivity contribution in [3.8, 4) is 10.8 Å². The zero-order valence-electron chi connectivity index (χ0n) is 16.5. The summed E-state index contributed by atoms with van der Waals surface area (Å²) in [5.74, 6) is 0.191. The Morgan fingerprint density at radius 1 is 1.20 bits per heavy atom. The lowest BCUT2D eigenvalue weighted by atomic mass is 10.2. The molecule has 3 aromatic rings. The van der Waals surface area contributed by atoms with Crippen LogP contribution in [-0.4, -0.2) is 49.9 Å². The maximum Gasteiger partial charge on any atom is 0.275 e. The van der Waals surface area contributed by atoms with Crippen molar-refractivity contribution in [2.24, 2.45) is 0 Å². The van der Waals surface area contributed by atoms with E-state index in [1.54, 1.807) is 37.5 Å². The van der Waals surface area contributed by atoms with Crippen LogP contribution in [0.2, 0.25) is 0 Å². The fourth-order valence-corrected chi connectivity index (χ4v) is 5.72. The third-order valence-corrected chi connectivity index (χ3v) is 7.80. The highest BCUT2D eigenvalue weighted by atomic mass is 32.2. The molecular formula is C20H21N3O5S2. The molecule has 3 heterocycles. The number of aryl methyl sites for hydroxylation is 2. The molecule has 0 saturated carbocycles. The van der Waals surface area contributed by atoms with Gasteiger partial charge in [0.2, 0.25) is 10.0 Å². The van der Waals surface area contributed by atoms with Gasteiger partial charge >= 0.3 is 0 Å². The number of carbonyl (C=O) groups is 1. The van der Waals surface area contributed by atoms with E-state index >= 15 is 0 Å². The van der Waals surface area contributed by atoms with E-state index in [-0.39, 0.29) is 10.6 Å². The Morgan fingerprint density at radius 2 is 1.97 bits per heavy atom. The van der Waals surface area contributed by atoms with Crippen molar-refractivity contribution in [1.29, 1.82) is 0 Å². The van der Waals surface area contributed by atoms with E-state index in [2.05, 4.69) is 10.3 Å².